The summed E-state index contributed by atoms with van der Waals surface area (Å²) in [7, 11) is 1.23. The van der Waals surface area contributed by atoms with E-state index in [1.807, 2.05) is 0 Å². The van der Waals surface area contributed by atoms with Crippen molar-refractivity contribution in [1.29, 1.82) is 0 Å². The molecule has 4 rings (SSSR count). The second-order valence-electron chi connectivity index (χ2n) is 7.80. The van der Waals surface area contributed by atoms with E-state index in [4.69, 9.17) is 0 Å². The lowest BCUT2D eigenvalue weighted by Crippen LogP contribution is -2.57. The van der Waals surface area contributed by atoms with Crippen molar-refractivity contribution in [2.45, 2.75) is 51.6 Å². The van der Waals surface area contributed by atoms with E-state index in [-0.39, 0.29) is 17.9 Å². The molecule has 0 spiro atoms. The fourth-order valence-electron chi connectivity index (χ4n) is 5.58. The number of ether oxygens (including phenoxy) is 1. The summed E-state index contributed by atoms with van der Waals surface area (Å²) in [6.07, 6.45) is 5.40. The molecule has 4 fully saturated rings. The number of esters is 1. The smallest absolute Gasteiger partial charge is 0.336 e. The molecule has 4 aliphatic rings. The molecule has 0 aromatic carbocycles. The average molecular weight is 295 g/mol. The van der Waals surface area contributed by atoms with E-state index in [2.05, 4.69) is 17.0 Å². The Labute approximate surface area is 125 Å². The van der Waals surface area contributed by atoms with Gasteiger partial charge >= 0.3 is 5.97 Å². The second kappa shape index (κ2) is 4.97. The van der Waals surface area contributed by atoms with Gasteiger partial charge in [0.1, 0.15) is 0 Å². The van der Waals surface area contributed by atoms with Gasteiger partial charge in [-0.3, -0.25) is 4.79 Å². The van der Waals surface area contributed by atoms with E-state index in [1.165, 1.54) is 26.4 Å². The van der Waals surface area contributed by atoms with E-state index in [0.717, 1.165) is 19.3 Å². The Kier molecular flexibility index (Phi) is 3.51. The summed E-state index contributed by atoms with van der Waals surface area (Å²) in [6, 6.07) is 0. The number of aliphatic hydroxyl groups is 1. The first kappa shape index (κ1) is 14.8. The largest absolute Gasteiger partial charge is 0.467 e. The van der Waals surface area contributed by atoms with Crippen LogP contribution in [0.3, 0.4) is 0 Å². The number of hydrogen-bond acceptors (Lipinski definition) is 4. The van der Waals surface area contributed by atoms with Crippen LogP contribution in [-0.2, 0) is 14.3 Å². The van der Waals surface area contributed by atoms with E-state index >= 15 is 0 Å². The van der Waals surface area contributed by atoms with Gasteiger partial charge in [0.2, 0.25) is 5.91 Å². The van der Waals surface area contributed by atoms with Crippen LogP contribution in [0.2, 0.25) is 0 Å². The lowest BCUT2D eigenvalue weighted by Gasteiger charge is -2.60. The normalized spacial score (nSPS) is 41.7. The highest BCUT2D eigenvalue weighted by Crippen LogP contribution is 2.65. The third-order valence-corrected chi connectivity index (χ3v) is 5.76. The maximum atomic E-state index is 12.7. The molecule has 4 saturated carbocycles. The molecule has 2 N–H and O–H groups in total. The van der Waals surface area contributed by atoms with Crippen LogP contribution in [0, 0.1) is 22.7 Å². The number of methoxy groups -OCH3 is 1. The third kappa shape index (κ3) is 2.56. The van der Waals surface area contributed by atoms with E-state index in [1.54, 1.807) is 0 Å². The monoisotopic (exact) mass is 295 g/mol. The van der Waals surface area contributed by atoms with Crippen LogP contribution >= 0.6 is 0 Å². The van der Waals surface area contributed by atoms with Crippen molar-refractivity contribution in [2.24, 2.45) is 22.7 Å². The van der Waals surface area contributed by atoms with Crippen molar-refractivity contribution in [3.05, 3.63) is 0 Å². The number of nitrogens with one attached hydrogen (secondary N) is 1. The van der Waals surface area contributed by atoms with Gasteiger partial charge in [0.15, 0.2) is 6.10 Å². The number of carbonyl (C=O) groups excluding carboxylic acids is 2. The Balaban J connectivity index is 1.66. The van der Waals surface area contributed by atoms with E-state index in [9.17, 15) is 14.7 Å². The lowest BCUT2D eigenvalue weighted by molar-refractivity contribution is -0.157. The molecule has 0 radical (unpaired) electrons. The molecule has 5 nitrogen and oxygen atoms in total. The highest BCUT2D eigenvalue weighted by Gasteiger charge is 2.58. The number of hydrogen-bond donors (Lipinski definition) is 2. The Morgan fingerprint density at radius 1 is 1.29 bits per heavy atom. The predicted octanol–water partition coefficient (Wildman–Crippen LogP) is 1.24. The minimum Gasteiger partial charge on any atom is -0.467 e. The number of amides is 1. The van der Waals surface area contributed by atoms with Crippen molar-refractivity contribution in [3.63, 3.8) is 0 Å². The molecule has 0 heterocycles. The zero-order chi connectivity index (χ0) is 15.3. The highest BCUT2D eigenvalue weighted by molar-refractivity contribution is 5.84. The van der Waals surface area contributed by atoms with Gasteiger partial charge in [-0.2, -0.15) is 0 Å². The molecular formula is C16H25NO4. The molecule has 21 heavy (non-hydrogen) atoms. The fourth-order valence-corrected chi connectivity index (χ4v) is 5.58. The van der Waals surface area contributed by atoms with Gasteiger partial charge < -0.3 is 15.2 Å². The van der Waals surface area contributed by atoms with Gasteiger partial charge in [0, 0.05) is 0 Å². The zero-order valence-corrected chi connectivity index (χ0v) is 12.9. The molecular weight excluding hydrogens is 270 g/mol. The van der Waals surface area contributed by atoms with Gasteiger partial charge in [-0.25, -0.2) is 4.79 Å². The maximum absolute atomic E-state index is 12.7. The number of rotatable bonds is 4. The fraction of sp³-hybridized carbons (Fsp3) is 0.875. The Morgan fingerprint density at radius 2 is 1.90 bits per heavy atom. The van der Waals surface area contributed by atoms with Crippen LogP contribution in [0.4, 0.5) is 0 Å². The molecule has 1 amide bonds. The summed E-state index contributed by atoms with van der Waals surface area (Å²) in [4.78, 5) is 23.9. The summed E-state index contributed by atoms with van der Waals surface area (Å²) in [5, 5.41) is 12.4. The first-order valence-electron chi connectivity index (χ1n) is 7.90. The minimum atomic E-state index is -1.27. The summed E-state index contributed by atoms with van der Waals surface area (Å²) in [6.45, 7) is 2.26. The Bertz CT molecular complexity index is 447. The van der Waals surface area contributed by atoms with E-state index < -0.39 is 12.1 Å². The van der Waals surface area contributed by atoms with Gasteiger partial charge in [0.25, 0.3) is 0 Å². The minimum absolute atomic E-state index is 0.0192. The average Bonchev–Trinajstić information content (AvgIpc) is 2.40. The van der Waals surface area contributed by atoms with Crippen LogP contribution in [0.5, 0.6) is 0 Å². The molecule has 0 saturated heterocycles. The highest BCUT2D eigenvalue weighted by atomic mass is 16.5. The summed E-state index contributed by atoms with van der Waals surface area (Å²) in [5.41, 5.74) is 0.0388. The zero-order valence-electron chi connectivity index (χ0n) is 12.9. The van der Waals surface area contributed by atoms with Crippen molar-refractivity contribution in [3.8, 4) is 0 Å². The molecule has 4 aliphatic carbocycles. The summed E-state index contributed by atoms with van der Waals surface area (Å²) in [5.74, 6) is 0.665. The molecule has 4 bridgehead atoms. The van der Waals surface area contributed by atoms with Gasteiger partial charge in [-0.15, -0.1) is 0 Å². The number of aliphatic hydroxyl groups excluding tert-OH is 1. The molecule has 0 aromatic rings. The van der Waals surface area contributed by atoms with Gasteiger partial charge in [-0.1, -0.05) is 6.92 Å². The molecule has 0 aromatic heterocycles. The predicted molar refractivity (Wildman–Crippen MR) is 76.3 cm³/mol. The maximum Gasteiger partial charge on any atom is 0.336 e. The molecule has 3 unspecified atom stereocenters. The summed E-state index contributed by atoms with van der Waals surface area (Å²) >= 11 is 0. The van der Waals surface area contributed by atoms with Crippen LogP contribution in [-0.4, -0.2) is 36.7 Å². The first-order chi connectivity index (χ1) is 9.86. The Morgan fingerprint density at radius 3 is 2.43 bits per heavy atom. The van der Waals surface area contributed by atoms with Crippen molar-refractivity contribution >= 4 is 11.9 Å². The Hall–Kier alpha value is -1.10. The molecule has 118 valence electrons. The second-order valence-corrected chi connectivity index (χ2v) is 7.80. The third-order valence-electron chi connectivity index (χ3n) is 5.76. The SMILES string of the molecule is COC(=O)C(O)CNC(=O)C12CC3CC(CC(C)(C3)C1)C2. The lowest BCUT2D eigenvalue weighted by atomic mass is 9.44. The first-order valence-corrected chi connectivity index (χ1v) is 7.90. The van der Waals surface area contributed by atoms with Crippen molar-refractivity contribution in [1.82, 2.24) is 5.32 Å². The van der Waals surface area contributed by atoms with Crippen molar-refractivity contribution in [2.75, 3.05) is 13.7 Å². The van der Waals surface area contributed by atoms with Gasteiger partial charge in [-0.05, 0) is 55.8 Å². The standard InChI is InChI=1S/C16H25NO4/c1-15-4-10-3-11(5-15)7-16(6-10,9-15)14(20)17-8-12(18)13(19)21-2/h10-12,18H,3-9H2,1-2H3,(H,17,20). The van der Waals surface area contributed by atoms with E-state index in [0.29, 0.717) is 17.3 Å². The summed E-state index contributed by atoms with van der Waals surface area (Å²) < 4.78 is 4.47. The van der Waals surface area contributed by atoms with Crippen molar-refractivity contribution < 1.29 is 19.4 Å². The van der Waals surface area contributed by atoms with Crippen LogP contribution < -0.4 is 5.32 Å². The van der Waals surface area contributed by atoms with Crippen LogP contribution in [0.1, 0.15) is 45.4 Å². The molecule has 0 aliphatic heterocycles. The topological polar surface area (TPSA) is 75.6 Å². The van der Waals surface area contributed by atoms with Gasteiger partial charge in [0.05, 0.1) is 19.1 Å². The van der Waals surface area contributed by atoms with Crippen LogP contribution in [0.15, 0.2) is 0 Å². The molecule has 5 heteroatoms. The number of carbonyl (C=O) groups is 2. The van der Waals surface area contributed by atoms with Crippen LogP contribution in [0.25, 0.3) is 0 Å². The quantitative estimate of drug-likeness (QED) is 0.765. The molecule has 3 atom stereocenters.